The van der Waals surface area contributed by atoms with E-state index in [0.29, 0.717) is 4.90 Å². The summed E-state index contributed by atoms with van der Waals surface area (Å²) in [5.41, 5.74) is 1.05. The molecule has 142 valence electrons. The van der Waals surface area contributed by atoms with Gasteiger partial charge in [-0.25, -0.2) is 8.93 Å². The van der Waals surface area contributed by atoms with Gasteiger partial charge in [-0.1, -0.05) is 19.1 Å². The summed E-state index contributed by atoms with van der Waals surface area (Å²) in [7, 11) is -1.71. The molecule has 1 aliphatic rings. The quantitative estimate of drug-likeness (QED) is 0.309. The summed E-state index contributed by atoms with van der Waals surface area (Å²) in [5, 5.41) is 42.2. The van der Waals surface area contributed by atoms with Gasteiger partial charge in [0.2, 0.25) is 0 Å². The Bertz CT molecular complexity index is 558. The molecule has 1 heterocycles. The predicted molar refractivity (Wildman–Crippen MR) is 91.8 cm³/mol. The standard InChI is InChI=1S/C16H26N2O6S/c1-2-7-17-8-10-3-5-11(6-4-10)25(23)18-13-15(21)14(20)12(9-19)24-16(13)22/h3-6,12-22H,2,7-9H2,1H3. The van der Waals surface area contributed by atoms with Crippen LogP contribution in [0.15, 0.2) is 29.2 Å². The van der Waals surface area contributed by atoms with Crippen LogP contribution in [0.25, 0.3) is 0 Å². The molecular formula is C16H26N2O6S. The summed E-state index contributed by atoms with van der Waals surface area (Å²) < 4.78 is 20.0. The van der Waals surface area contributed by atoms with Gasteiger partial charge in [0.25, 0.3) is 0 Å². The monoisotopic (exact) mass is 374 g/mol. The Morgan fingerprint density at radius 3 is 2.44 bits per heavy atom. The zero-order chi connectivity index (χ0) is 18.4. The van der Waals surface area contributed by atoms with Crippen molar-refractivity contribution in [1.29, 1.82) is 0 Å². The van der Waals surface area contributed by atoms with Crippen LogP contribution in [-0.2, 0) is 22.3 Å². The molecule has 0 saturated carbocycles. The lowest BCUT2D eigenvalue weighted by Gasteiger charge is -2.40. The molecule has 1 fully saturated rings. The first-order valence-corrected chi connectivity index (χ1v) is 9.41. The molecular weight excluding hydrogens is 348 g/mol. The van der Waals surface area contributed by atoms with Crippen LogP contribution in [0, 0.1) is 0 Å². The van der Waals surface area contributed by atoms with Crippen molar-refractivity contribution in [3.05, 3.63) is 29.8 Å². The molecule has 0 bridgehead atoms. The van der Waals surface area contributed by atoms with Crippen molar-refractivity contribution in [2.45, 2.75) is 55.4 Å². The largest absolute Gasteiger partial charge is 0.394 e. The lowest BCUT2D eigenvalue weighted by Crippen LogP contribution is -2.63. The van der Waals surface area contributed by atoms with Crippen LogP contribution in [0.2, 0.25) is 0 Å². The van der Waals surface area contributed by atoms with E-state index < -0.39 is 48.2 Å². The van der Waals surface area contributed by atoms with Gasteiger partial charge in [0.15, 0.2) is 6.29 Å². The van der Waals surface area contributed by atoms with Crippen molar-refractivity contribution >= 4 is 11.0 Å². The Hall–Kier alpha value is -0.910. The molecule has 0 radical (unpaired) electrons. The number of ether oxygens (including phenoxy) is 1. The first-order chi connectivity index (χ1) is 12.0. The van der Waals surface area contributed by atoms with E-state index in [1.807, 2.05) is 12.1 Å². The number of benzene rings is 1. The topological polar surface area (TPSA) is 131 Å². The lowest BCUT2D eigenvalue weighted by atomic mass is 9.98. The zero-order valence-corrected chi connectivity index (χ0v) is 14.9. The molecule has 6 atom stereocenters. The Kier molecular flexibility index (Phi) is 7.91. The number of rotatable bonds is 8. The van der Waals surface area contributed by atoms with Crippen LogP contribution < -0.4 is 10.0 Å². The number of nitrogens with one attached hydrogen (secondary N) is 2. The van der Waals surface area contributed by atoms with Gasteiger partial charge in [-0.15, -0.1) is 0 Å². The maximum atomic E-state index is 12.4. The number of hydrogen-bond acceptors (Lipinski definition) is 7. The minimum absolute atomic E-state index is 0.470. The minimum Gasteiger partial charge on any atom is -0.394 e. The third kappa shape index (κ3) is 5.28. The minimum atomic E-state index is -1.71. The summed E-state index contributed by atoms with van der Waals surface area (Å²) in [4.78, 5) is 0.470. The molecule has 1 aromatic carbocycles. The van der Waals surface area contributed by atoms with Gasteiger partial charge in [0.1, 0.15) is 29.3 Å². The van der Waals surface area contributed by atoms with Gasteiger partial charge in [0.05, 0.1) is 17.5 Å². The normalized spacial score (nSPS) is 31.0. The Morgan fingerprint density at radius 1 is 1.16 bits per heavy atom. The van der Waals surface area contributed by atoms with E-state index >= 15 is 0 Å². The Balaban J connectivity index is 1.96. The van der Waals surface area contributed by atoms with Crippen LogP contribution in [0.3, 0.4) is 0 Å². The molecule has 6 unspecified atom stereocenters. The van der Waals surface area contributed by atoms with Crippen molar-refractivity contribution < 1.29 is 29.4 Å². The maximum absolute atomic E-state index is 12.4. The van der Waals surface area contributed by atoms with Crippen molar-refractivity contribution in [1.82, 2.24) is 10.0 Å². The molecule has 9 heteroatoms. The highest BCUT2D eigenvalue weighted by molar-refractivity contribution is 7.83. The first-order valence-electron chi connectivity index (χ1n) is 8.26. The lowest BCUT2D eigenvalue weighted by molar-refractivity contribution is -0.251. The molecule has 25 heavy (non-hydrogen) atoms. The van der Waals surface area contributed by atoms with Gasteiger partial charge in [-0.2, -0.15) is 0 Å². The third-order valence-electron chi connectivity index (χ3n) is 4.04. The summed E-state index contributed by atoms with van der Waals surface area (Å²) in [5.74, 6) is 0. The highest BCUT2D eigenvalue weighted by Gasteiger charge is 2.44. The molecule has 0 amide bonds. The van der Waals surface area contributed by atoms with Gasteiger partial charge < -0.3 is 30.5 Å². The van der Waals surface area contributed by atoms with Gasteiger partial charge in [0, 0.05) is 6.54 Å². The second kappa shape index (κ2) is 9.70. The molecule has 1 saturated heterocycles. The third-order valence-corrected chi connectivity index (χ3v) is 5.22. The Labute approximate surface area is 149 Å². The first kappa shape index (κ1) is 20.4. The zero-order valence-electron chi connectivity index (χ0n) is 14.0. The average Bonchev–Trinajstić information content (AvgIpc) is 2.62. The van der Waals surface area contributed by atoms with Crippen molar-refractivity contribution in [3.8, 4) is 0 Å². The van der Waals surface area contributed by atoms with Crippen LogP contribution in [0.1, 0.15) is 18.9 Å². The van der Waals surface area contributed by atoms with Crippen LogP contribution >= 0.6 is 0 Å². The molecule has 1 aromatic rings. The van der Waals surface area contributed by atoms with E-state index in [-0.39, 0.29) is 0 Å². The smallest absolute Gasteiger partial charge is 0.174 e. The second-order valence-electron chi connectivity index (χ2n) is 5.96. The van der Waals surface area contributed by atoms with Crippen LogP contribution in [0.5, 0.6) is 0 Å². The van der Waals surface area contributed by atoms with E-state index in [0.717, 1.165) is 25.1 Å². The van der Waals surface area contributed by atoms with E-state index in [9.17, 15) is 19.5 Å². The number of aliphatic hydroxyl groups excluding tert-OH is 4. The second-order valence-corrected chi connectivity index (χ2v) is 7.21. The maximum Gasteiger partial charge on any atom is 0.174 e. The molecule has 6 N–H and O–H groups in total. The summed E-state index contributed by atoms with van der Waals surface area (Å²) in [6.45, 7) is 3.18. The van der Waals surface area contributed by atoms with Crippen molar-refractivity contribution in [3.63, 3.8) is 0 Å². The molecule has 8 nitrogen and oxygen atoms in total. The fourth-order valence-electron chi connectivity index (χ4n) is 2.56. The number of hydrogen-bond donors (Lipinski definition) is 6. The van der Waals surface area contributed by atoms with Crippen molar-refractivity contribution in [2.75, 3.05) is 13.2 Å². The highest BCUT2D eigenvalue weighted by atomic mass is 32.2. The highest BCUT2D eigenvalue weighted by Crippen LogP contribution is 2.21. The summed E-state index contributed by atoms with van der Waals surface area (Å²) in [6, 6.07) is 5.93. The van der Waals surface area contributed by atoms with Crippen LogP contribution in [0.4, 0.5) is 0 Å². The SMILES string of the molecule is CCCNCc1ccc(S(=O)NC2C(O)OC(CO)C(O)C2O)cc1. The molecule has 0 spiro atoms. The summed E-state index contributed by atoms with van der Waals surface area (Å²) in [6.07, 6.45) is -4.37. The van der Waals surface area contributed by atoms with E-state index in [1.165, 1.54) is 0 Å². The van der Waals surface area contributed by atoms with E-state index in [1.54, 1.807) is 12.1 Å². The van der Waals surface area contributed by atoms with Gasteiger partial charge in [-0.05, 0) is 30.7 Å². The fourth-order valence-corrected chi connectivity index (χ4v) is 3.58. The average molecular weight is 374 g/mol. The van der Waals surface area contributed by atoms with Crippen LogP contribution in [-0.4, -0.2) is 68.4 Å². The molecule has 2 rings (SSSR count). The number of aliphatic hydroxyl groups is 4. The van der Waals surface area contributed by atoms with E-state index in [2.05, 4.69) is 17.0 Å². The predicted octanol–water partition coefficient (Wildman–Crippen LogP) is -1.40. The van der Waals surface area contributed by atoms with Crippen molar-refractivity contribution in [2.24, 2.45) is 0 Å². The summed E-state index contributed by atoms with van der Waals surface area (Å²) >= 11 is 0. The molecule has 0 aliphatic carbocycles. The Morgan fingerprint density at radius 2 is 1.84 bits per heavy atom. The van der Waals surface area contributed by atoms with Gasteiger partial charge in [-0.3, -0.25) is 0 Å². The fraction of sp³-hybridized carbons (Fsp3) is 0.625. The van der Waals surface area contributed by atoms with Gasteiger partial charge >= 0.3 is 0 Å². The molecule has 1 aliphatic heterocycles. The van der Waals surface area contributed by atoms with E-state index in [4.69, 9.17) is 9.84 Å². The molecule has 0 aromatic heterocycles.